The van der Waals surface area contributed by atoms with Gasteiger partial charge in [0.25, 0.3) is 0 Å². The summed E-state index contributed by atoms with van der Waals surface area (Å²) in [5.41, 5.74) is 2.76. The Kier molecular flexibility index (Phi) is 9.98. The second-order valence-electron chi connectivity index (χ2n) is 7.87. The highest BCUT2D eigenvalue weighted by atomic mass is 35.5. The van der Waals surface area contributed by atoms with Crippen LogP contribution in [0.1, 0.15) is 23.6 Å². The standard InChI is InChI=1S/C27H28ClFN2O2S/c1-2-30-27(33)25(16-20-7-4-3-5-8-20)31(17-22-9-6-10-23(28)15-22)26(32)19-34-18-21-11-13-24(29)14-12-21/h3-15,25H,2,16-19H2,1H3,(H,30,33)/t25-/m1/s1. The zero-order chi connectivity index (χ0) is 24.3. The van der Waals surface area contributed by atoms with Crippen LogP contribution < -0.4 is 5.32 Å². The van der Waals surface area contributed by atoms with E-state index in [1.807, 2.05) is 55.5 Å². The molecular formula is C27H28ClFN2O2S. The first-order valence-corrected chi connectivity index (χ1v) is 12.7. The number of nitrogens with zero attached hydrogens (tertiary/aromatic N) is 1. The molecule has 3 aromatic carbocycles. The van der Waals surface area contributed by atoms with E-state index in [-0.39, 0.29) is 29.9 Å². The summed E-state index contributed by atoms with van der Waals surface area (Å²) in [5.74, 6) is 0.150. The van der Waals surface area contributed by atoms with E-state index in [1.54, 1.807) is 23.1 Å². The lowest BCUT2D eigenvalue weighted by Gasteiger charge is -2.31. The molecule has 1 atom stereocenters. The van der Waals surface area contributed by atoms with Crippen molar-refractivity contribution in [3.63, 3.8) is 0 Å². The second-order valence-corrected chi connectivity index (χ2v) is 9.29. The van der Waals surface area contributed by atoms with Crippen molar-refractivity contribution in [3.8, 4) is 0 Å². The van der Waals surface area contributed by atoms with Gasteiger partial charge >= 0.3 is 0 Å². The number of benzene rings is 3. The number of nitrogens with one attached hydrogen (secondary N) is 1. The lowest BCUT2D eigenvalue weighted by Crippen LogP contribution is -2.51. The molecule has 0 fully saturated rings. The molecule has 0 bridgehead atoms. The monoisotopic (exact) mass is 498 g/mol. The van der Waals surface area contributed by atoms with Crippen molar-refractivity contribution >= 4 is 35.2 Å². The van der Waals surface area contributed by atoms with Crippen LogP contribution in [0.3, 0.4) is 0 Å². The predicted molar refractivity (Wildman–Crippen MR) is 137 cm³/mol. The fraction of sp³-hybridized carbons (Fsp3) is 0.259. The van der Waals surface area contributed by atoms with E-state index < -0.39 is 6.04 Å². The van der Waals surface area contributed by atoms with Gasteiger partial charge in [0.05, 0.1) is 5.75 Å². The third kappa shape index (κ3) is 7.89. The molecule has 0 radical (unpaired) electrons. The van der Waals surface area contributed by atoms with Gasteiger partial charge in [0.1, 0.15) is 11.9 Å². The number of halogens is 2. The van der Waals surface area contributed by atoms with Crippen LogP contribution in [0, 0.1) is 5.82 Å². The molecule has 0 unspecified atom stereocenters. The fourth-order valence-electron chi connectivity index (χ4n) is 3.60. The lowest BCUT2D eigenvalue weighted by atomic mass is 10.0. The molecule has 0 saturated carbocycles. The molecule has 4 nitrogen and oxygen atoms in total. The van der Waals surface area contributed by atoms with Crippen LogP contribution in [-0.2, 0) is 28.3 Å². The Labute approximate surface area is 209 Å². The first-order chi connectivity index (χ1) is 16.5. The maximum atomic E-state index is 13.4. The van der Waals surface area contributed by atoms with Crippen LogP contribution in [0.25, 0.3) is 0 Å². The van der Waals surface area contributed by atoms with Crippen LogP contribution in [0.5, 0.6) is 0 Å². The first-order valence-electron chi connectivity index (χ1n) is 11.1. The summed E-state index contributed by atoms with van der Waals surface area (Å²) < 4.78 is 13.2. The van der Waals surface area contributed by atoms with Gasteiger partial charge in [-0.15, -0.1) is 11.8 Å². The van der Waals surface area contributed by atoms with Gasteiger partial charge < -0.3 is 10.2 Å². The van der Waals surface area contributed by atoms with E-state index in [4.69, 9.17) is 11.6 Å². The van der Waals surface area contributed by atoms with Crippen LogP contribution in [0.2, 0.25) is 5.02 Å². The number of rotatable bonds is 11. The van der Waals surface area contributed by atoms with Gasteiger partial charge in [-0.25, -0.2) is 4.39 Å². The Morgan fingerprint density at radius 1 is 0.971 bits per heavy atom. The highest BCUT2D eigenvalue weighted by Gasteiger charge is 2.30. The molecule has 1 N–H and O–H groups in total. The second kappa shape index (κ2) is 13.2. The van der Waals surface area contributed by atoms with Gasteiger partial charge in [-0.05, 0) is 47.9 Å². The zero-order valence-electron chi connectivity index (χ0n) is 19.0. The van der Waals surface area contributed by atoms with Crippen LogP contribution in [0.4, 0.5) is 4.39 Å². The Bertz CT molecular complexity index is 1080. The summed E-state index contributed by atoms with van der Waals surface area (Å²) in [6.45, 7) is 2.60. The Hall–Kier alpha value is -2.83. The van der Waals surface area contributed by atoms with Crippen molar-refractivity contribution in [2.24, 2.45) is 0 Å². The van der Waals surface area contributed by atoms with Crippen molar-refractivity contribution in [2.75, 3.05) is 12.3 Å². The number of likely N-dealkylation sites (N-methyl/N-ethyl adjacent to an activating group) is 1. The molecule has 0 heterocycles. The zero-order valence-corrected chi connectivity index (χ0v) is 20.6. The van der Waals surface area contributed by atoms with Crippen LogP contribution in [-0.4, -0.2) is 35.1 Å². The molecule has 3 aromatic rings. The van der Waals surface area contributed by atoms with Gasteiger partial charge in [-0.1, -0.05) is 66.2 Å². The normalized spacial score (nSPS) is 11.6. The van der Waals surface area contributed by atoms with Gasteiger partial charge in [0.2, 0.25) is 11.8 Å². The highest BCUT2D eigenvalue weighted by molar-refractivity contribution is 7.99. The molecule has 0 saturated heterocycles. The summed E-state index contributed by atoms with van der Waals surface area (Å²) in [7, 11) is 0. The minimum Gasteiger partial charge on any atom is -0.355 e. The van der Waals surface area contributed by atoms with E-state index in [2.05, 4.69) is 5.32 Å². The van der Waals surface area contributed by atoms with Crippen molar-refractivity contribution < 1.29 is 14.0 Å². The average molecular weight is 499 g/mol. The van der Waals surface area contributed by atoms with Crippen molar-refractivity contribution in [1.29, 1.82) is 0 Å². The van der Waals surface area contributed by atoms with E-state index in [0.717, 1.165) is 16.7 Å². The molecule has 0 aliphatic carbocycles. The number of thioether (sulfide) groups is 1. The van der Waals surface area contributed by atoms with Gasteiger partial charge in [0.15, 0.2) is 0 Å². The molecule has 7 heteroatoms. The maximum Gasteiger partial charge on any atom is 0.243 e. The molecule has 0 aromatic heterocycles. The molecule has 0 spiro atoms. The molecular weight excluding hydrogens is 471 g/mol. The smallest absolute Gasteiger partial charge is 0.243 e. The van der Waals surface area contributed by atoms with Crippen LogP contribution in [0.15, 0.2) is 78.9 Å². The highest BCUT2D eigenvalue weighted by Crippen LogP contribution is 2.20. The Morgan fingerprint density at radius 3 is 2.35 bits per heavy atom. The number of carbonyl (C=O) groups is 2. The molecule has 3 rings (SSSR count). The molecule has 2 amide bonds. The largest absolute Gasteiger partial charge is 0.355 e. The SMILES string of the molecule is CCNC(=O)[C@@H](Cc1ccccc1)N(Cc1cccc(Cl)c1)C(=O)CSCc1ccc(F)cc1. The van der Waals surface area contributed by atoms with E-state index in [0.29, 0.717) is 23.7 Å². The van der Waals surface area contributed by atoms with Gasteiger partial charge in [-0.3, -0.25) is 9.59 Å². The summed E-state index contributed by atoms with van der Waals surface area (Å²) in [6.07, 6.45) is 0.404. The summed E-state index contributed by atoms with van der Waals surface area (Å²) >= 11 is 7.62. The van der Waals surface area contributed by atoms with Crippen LogP contribution >= 0.6 is 23.4 Å². The predicted octanol–water partition coefficient (Wildman–Crippen LogP) is 5.49. The van der Waals surface area contributed by atoms with E-state index >= 15 is 0 Å². The molecule has 0 aliphatic heterocycles. The molecule has 178 valence electrons. The van der Waals surface area contributed by atoms with Crippen molar-refractivity contribution in [3.05, 3.63) is 106 Å². The fourth-order valence-corrected chi connectivity index (χ4v) is 4.68. The number of hydrogen-bond acceptors (Lipinski definition) is 3. The number of hydrogen-bond donors (Lipinski definition) is 1. The Balaban J connectivity index is 1.81. The Morgan fingerprint density at radius 2 is 1.68 bits per heavy atom. The maximum absolute atomic E-state index is 13.4. The third-order valence-corrected chi connectivity index (χ3v) is 6.50. The third-order valence-electron chi connectivity index (χ3n) is 5.27. The molecule has 34 heavy (non-hydrogen) atoms. The van der Waals surface area contributed by atoms with Gasteiger partial charge in [0, 0.05) is 30.3 Å². The summed E-state index contributed by atoms with van der Waals surface area (Å²) in [5, 5.41) is 3.46. The number of amides is 2. The van der Waals surface area contributed by atoms with Crippen molar-refractivity contribution in [1.82, 2.24) is 10.2 Å². The van der Waals surface area contributed by atoms with Crippen molar-refractivity contribution in [2.45, 2.75) is 31.7 Å². The summed E-state index contributed by atoms with van der Waals surface area (Å²) in [6, 6.07) is 22.6. The summed E-state index contributed by atoms with van der Waals surface area (Å²) in [4.78, 5) is 28.2. The number of carbonyl (C=O) groups excluding carboxylic acids is 2. The first kappa shape index (κ1) is 25.8. The van der Waals surface area contributed by atoms with Gasteiger partial charge in [-0.2, -0.15) is 0 Å². The van der Waals surface area contributed by atoms with E-state index in [9.17, 15) is 14.0 Å². The minimum atomic E-state index is -0.666. The quantitative estimate of drug-likeness (QED) is 0.380. The topological polar surface area (TPSA) is 49.4 Å². The minimum absolute atomic E-state index is 0.140. The van der Waals surface area contributed by atoms with E-state index in [1.165, 1.54) is 23.9 Å². The average Bonchev–Trinajstić information content (AvgIpc) is 2.83. The molecule has 0 aliphatic rings. The lowest BCUT2D eigenvalue weighted by molar-refractivity contribution is -0.139.